The van der Waals surface area contributed by atoms with E-state index in [0.717, 1.165) is 43.5 Å². The number of anilines is 1. The van der Waals surface area contributed by atoms with E-state index in [2.05, 4.69) is 25.2 Å². The maximum absolute atomic E-state index is 12.6. The monoisotopic (exact) mass is 349 g/mol. The number of amides is 1. The molecule has 132 valence electrons. The van der Waals surface area contributed by atoms with Crippen molar-refractivity contribution in [3.8, 4) is 0 Å². The molecule has 5 heterocycles. The molecule has 3 aromatic rings. The Labute approximate surface area is 150 Å². The summed E-state index contributed by atoms with van der Waals surface area (Å²) in [6.45, 7) is 5.29. The summed E-state index contributed by atoms with van der Waals surface area (Å²) in [5.74, 6) is 2.71. The number of nitrogens with zero attached hydrogens (tertiary/aromatic N) is 7. The summed E-state index contributed by atoms with van der Waals surface area (Å²) in [6.07, 6.45) is 1.67. The van der Waals surface area contributed by atoms with Crippen LogP contribution in [0.4, 0.5) is 5.82 Å². The fourth-order valence-corrected chi connectivity index (χ4v) is 4.05. The first kappa shape index (κ1) is 15.2. The van der Waals surface area contributed by atoms with Gasteiger partial charge in [-0.3, -0.25) is 9.78 Å². The Kier molecular flexibility index (Phi) is 3.37. The summed E-state index contributed by atoms with van der Waals surface area (Å²) >= 11 is 0. The van der Waals surface area contributed by atoms with Gasteiger partial charge in [0.25, 0.3) is 5.91 Å². The third kappa shape index (κ3) is 2.40. The average Bonchev–Trinajstić information content (AvgIpc) is 3.35. The number of carbonyl (C=O) groups is 1. The minimum atomic E-state index is 0.0335. The fourth-order valence-electron chi connectivity index (χ4n) is 4.05. The third-order valence-electron chi connectivity index (χ3n) is 5.39. The van der Waals surface area contributed by atoms with E-state index in [-0.39, 0.29) is 5.91 Å². The van der Waals surface area contributed by atoms with Crippen LogP contribution in [0.25, 0.3) is 5.65 Å². The SMILES string of the molecule is Cc1nnc2ccc(N3CC4CN(C(=O)c5ccccn5)CC4C3)nn12. The standard InChI is InChI=1S/C18H19N7O/c1-12-20-21-16-5-6-17(22-25(12)16)23-8-13-10-24(11-14(13)9-23)18(26)15-4-2-3-7-19-15/h2-7,13-14H,8-11H2,1H3. The number of likely N-dealkylation sites (tertiary alicyclic amines) is 1. The first-order chi connectivity index (χ1) is 12.7. The van der Waals surface area contributed by atoms with E-state index < -0.39 is 0 Å². The van der Waals surface area contributed by atoms with Gasteiger partial charge in [0.15, 0.2) is 11.5 Å². The van der Waals surface area contributed by atoms with Crippen molar-refractivity contribution in [3.05, 3.63) is 48.0 Å². The van der Waals surface area contributed by atoms with Crippen molar-refractivity contribution in [3.63, 3.8) is 0 Å². The maximum Gasteiger partial charge on any atom is 0.272 e. The lowest BCUT2D eigenvalue weighted by atomic mass is 10.0. The van der Waals surface area contributed by atoms with E-state index in [4.69, 9.17) is 0 Å². The molecular formula is C18H19N7O. The molecule has 8 nitrogen and oxygen atoms in total. The third-order valence-corrected chi connectivity index (χ3v) is 5.39. The molecule has 5 rings (SSSR count). The Hall–Kier alpha value is -3.03. The largest absolute Gasteiger partial charge is 0.354 e. The van der Waals surface area contributed by atoms with Crippen LogP contribution in [-0.2, 0) is 0 Å². The molecule has 3 aromatic heterocycles. The molecule has 0 bridgehead atoms. The highest BCUT2D eigenvalue weighted by Crippen LogP contribution is 2.33. The molecule has 2 atom stereocenters. The van der Waals surface area contributed by atoms with Gasteiger partial charge in [0.1, 0.15) is 11.5 Å². The van der Waals surface area contributed by atoms with Crippen LogP contribution in [0.15, 0.2) is 36.5 Å². The van der Waals surface area contributed by atoms with E-state index >= 15 is 0 Å². The average molecular weight is 349 g/mol. The van der Waals surface area contributed by atoms with Crippen LogP contribution in [0.1, 0.15) is 16.3 Å². The van der Waals surface area contributed by atoms with Crippen molar-refractivity contribution >= 4 is 17.4 Å². The van der Waals surface area contributed by atoms with Crippen LogP contribution in [0.5, 0.6) is 0 Å². The maximum atomic E-state index is 12.6. The number of pyridine rings is 1. The predicted molar refractivity (Wildman–Crippen MR) is 94.9 cm³/mol. The number of carbonyl (C=O) groups excluding carboxylic acids is 1. The predicted octanol–water partition coefficient (Wildman–Crippen LogP) is 1.04. The first-order valence-corrected chi connectivity index (χ1v) is 8.83. The van der Waals surface area contributed by atoms with Gasteiger partial charge >= 0.3 is 0 Å². The van der Waals surface area contributed by atoms with Gasteiger partial charge < -0.3 is 9.80 Å². The highest BCUT2D eigenvalue weighted by molar-refractivity contribution is 5.92. The summed E-state index contributed by atoms with van der Waals surface area (Å²) in [5.41, 5.74) is 1.29. The van der Waals surface area contributed by atoms with E-state index in [1.165, 1.54) is 0 Å². The molecule has 0 spiro atoms. The van der Waals surface area contributed by atoms with Crippen molar-refractivity contribution in [1.29, 1.82) is 0 Å². The lowest BCUT2D eigenvalue weighted by molar-refractivity contribution is 0.0777. The van der Waals surface area contributed by atoms with Crippen molar-refractivity contribution in [2.75, 3.05) is 31.1 Å². The quantitative estimate of drug-likeness (QED) is 0.688. The fraction of sp³-hybridized carbons (Fsp3) is 0.389. The van der Waals surface area contributed by atoms with Gasteiger partial charge in [-0.1, -0.05) is 6.07 Å². The second-order valence-corrected chi connectivity index (χ2v) is 7.06. The zero-order valence-electron chi connectivity index (χ0n) is 14.5. The lowest BCUT2D eigenvalue weighted by Crippen LogP contribution is -2.34. The number of aromatic nitrogens is 5. The molecule has 0 radical (unpaired) electrons. The van der Waals surface area contributed by atoms with Crippen molar-refractivity contribution in [2.24, 2.45) is 11.8 Å². The molecule has 0 saturated carbocycles. The normalized spacial score (nSPS) is 22.2. The zero-order valence-corrected chi connectivity index (χ0v) is 14.5. The molecule has 2 aliphatic heterocycles. The lowest BCUT2D eigenvalue weighted by Gasteiger charge is -2.22. The van der Waals surface area contributed by atoms with Gasteiger partial charge in [-0.05, 0) is 31.2 Å². The zero-order chi connectivity index (χ0) is 17.7. The second-order valence-electron chi connectivity index (χ2n) is 7.06. The molecule has 8 heteroatoms. The van der Waals surface area contributed by atoms with E-state index in [1.54, 1.807) is 16.8 Å². The van der Waals surface area contributed by atoms with Gasteiger partial charge in [0.05, 0.1) is 0 Å². The smallest absolute Gasteiger partial charge is 0.272 e. The summed E-state index contributed by atoms with van der Waals surface area (Å²) in [7, 11) is 0. The van der Waals surface area contributed by atoms with E-state index in [1.807, 2.05) is 36.1 Å². The van der Waals surface area contributed by atoms with Crippen molar-refractivity contribution < 1.29 is 4.79 Å². The van der Waals surface area contributed by atoms with Gasteiger partial charge in [0.2, 0.25) is 0 Å². The molecule has 2 aliphatic rings. The Morgan fingerprint density at radius 1 is 1.04 bits per heavy atom. The number of hydrogen-bond acceptors (Lipinski definition) is 6. The van der Waals surface area contributed by atoms with Crippen LogP contribution in [0.2, 0.25) is 0 Å². The van der Waals surface area contributed by atoms with Crippen molar-refractivity contribution in [1.82, 2.24) is 29.7 Å². The van der Waals surface area contributed by atoms with Crippen LogP contribution < -0.4 is 4.90 Å². The number of rotatable bonds is 2. The van der Waals surface area contributed by atoms with Gasteiger partial charge in [-0.2, -0.15) is 4.52 Å². The second kappa shape index (κ2) is 5.76. The molecular weight excluding hydrogens is 330 g/mol. The molecule has 0 aliphatic carbocycles. The van der Waals surface area contributed by atoms with Gasteiger partial charge in [0, 0.05) is 44.2 Å². The first-order valence-electron chi connectivity index (χ1n) is 8.83. The molecule has 2 unspecified atom stereocenters. The molecule has 0 N–H and O–H groups in total. The number of aryl methyl sites for hydroxylation is 1. The minimum absolute atomic E-state index is 0.0335. The topological polar surface area (TPSA) is 79.5 Å². The summed E-state index contributed by atoms with van der Waals surface area (Å²) in [6, 6.07) is 9.42. The van der Waals surface area contributed by atoms with Crippen molar-refractivity contribution in [2.45, 2.75) is 6.92 Å². The summed E-state index contributed by atoms with van der Waals surface area (Å²) in [4.78, 5) is 21.0. The summed E-state index contributed by atoms with van der Waals surface area (Å²) in [5, 5.41) is 12.8. The molecule has 0 aromatic carbocycles. The van der Waals surface area contributed by atoms with Gasteiger partial charge in [-0.25, -0.2) is 0 Å². The van der Waals surface area contributed by atoms with E-state index in [0.29, 0.717) is 17.5 Å². The highest BCUT2D eigenvalue weighted by Gasteiger charge is 2.42. The molecule has 2 saturated heterocycles. The highest BCUT2D eigenvalue weighted by atomic mass is 16.2. The van der Waals surface area contributed by atoms with E-state index in [9.17, 15) is 4.79 Å². The van der Waals surface area contributed by atoms with Gasteiger partial charge in [-0.15, -0.1) is 15.3 Å². The molecule has 2 fully saturated rings. The van der Waals surface area contributed by atoms with Crippen LogP contribution >= 0.6 is 0 Å². The molecule has 1 amide bonds. The molecule has 26 heavy (non-hydrogen) atoms. The number of fused-ring (bicyclic) bond motifs is 2. The van der Waals surface area contributed by atoms with Crippen LogP contribution in [-0.4, -0.2) is 61.8 Å². The Balaban J connectivity index is 1.30. The van der Waals surface area contributed by atoms with Crippen LogP contribution in [0, 0.1) is 18.8 Å². The Morgan fingerprint density at radius 2 is 1.85 bits per heavy atom. The minimum Gasteiger partial charge on any atom is -0.354 e. The summed E-state index contributed by atoms with van der Waals surface area (Å²) < 4.78 is 1.78. The van der Waals surface area contributed by atoms with Crippen LogP contribution in [0.3, 0.4) is 0 Å². The number of hydrogen-bond donors (Lipinski definition) is 0. The Morgan fingerprint density at radius 3 is 2.58 bits per heavy atom. The Bertz CT molecular complexity index is 956.